The maximum atomic E-state index is 14.3. The van der Waals surface area contributed by atoms with Crippen molar-refractivity contribution in [3.63, 3.8) is 0 Å². The zero-order valence-electron chi connectivity index (χ0n) is 13.6. The van der Waals surface area contributed by atoms with Crippen LogP contribution in [0.5, 0.6) is 0 Å². The molecule has 21 heavy (non-hydrogen) atoms. The second kappa shape index (κ2) is 6.75. The number of hydrogen-bond acceptors (Lipinski definition) is 1. The van der Waals surface area contributed by atoms with E-state index in [1.165, 1.54) is 19.4 Å². The molecule has 0 saturated heterocycles. The molecule has 0 atom stereocenters. The Morgan fingerprint density at radius 2 is 1.90 bits per heavy atom. The van der Waals surface area contributed by atoms with Gasteiger partial charge in [-0.2, -0.15) is 0 Å². The smallest absolute Gasteiger partial charge is 0.145 e. The Morgan fingerprint density at radius 1 is 1.29 bits per heavy atom. The third-order valence-electron chi connectivity index (χ3n) is 3.75. The molecule has 0 fully saturated rings. The van der Waals surface area contributed by atoms with Crippen molar-refractivity contribution >= 4 is 0 Å². The van der Waals surface area contributed by atoms with E-state index in [0.717, 1.165) is 35.1 Å². The minimum atomic E-state index is -1.55. The molecule has 0 radical (unpaired) electrons. The van der Waals surface area contributed by atoms with Crippen molar-refractivity contribution in [1.29, 1.82) is 0 Å². The molecule has 0 heterocycles. The van der Waals surface area contributed by atoms with Gasteiger partial charge in [-0.1, -0.05) is 37.0 Å². The molecule has 0 aliphatic heterocycles. The van der Waals surface area contributed by atoms with Crippen molar-refractivity contribution in [3.8, 4) is 0 Å². The van der Waals surface area contributed by atoms with Gasteiger partial charge in [0.05, 0.1) is 5.70 Å². The number of rotatable bonds is 5. The van der Waals surface area contributed by atoms with E-state index in [-0.39, 0.29) is 5.70 Å². The van der Waals surface area contributed by atoms with Crippen LogP contribution in [0.25, 0.3) is 0 Å². The fourth-order valence-electron chi connectivity index (χ4n) is 2.05. The first kappa shape index (κ1) is 17.2. The molecule has 0 saturated carbocycles. The van der Waals surface area contributed by atoms with Crippen molar-refractivity contribution < 1.29 is 4.39 Å². The minimum absolute atomic E-state index is 0.268. The second-order valence-corrected chi connectivity index (χ2v) is 6.05. The number of allylic oxidation sites excluding steroid dienone is 10. The van der Waals surface area contributed by atoms with E-state index in [9.17, 15) is 4.39 Å². The fourth-order valence-corrected chi connectivity index (χ4v) is 2.05. The van der Waals surface area contributed by atoms with Crippen LogP contribution >= 0.6 is 0 Å². The SMILES string of the molecule is C=CC1=CC=C(C(/C=C(\C)C(=C)C)=C(/N)C(C)(C)F)CC1. The van der Waals surface area contributed by atoms with E-state index in [0.29, 0.717) is 0 Å². The first-order valence-electron chi connectivity index (χ1n) is 7.22. The van der Waals surface area contributed by atoms with Crippen LogP contribution in [0.1, 0.15) is 40.5 Å². The van der Waals surface area contributed by atoms with Gasteiger partial charge < -0.3 is 5.73 Å². The van der Waals surface area contributed by atoms with E-state index < -0.39 is 5.67 Å². The van der Waals surface area contributed by atoms with Crippen LogP contribution in [0.2, 0.25) is 0 Å². The summed E-state index contributed by atoms with van der Waals surface area (Å²) in [6.45, 7) is 14.6. The zero-order valence-corrected chi connectivity index (χ0v) is 13.6. The van der Waals surface area contributed by atoms with Gasteiger partial charge in [-0.05, 0) is 68.9 Å². The van der Waals surface area contributed by atoms with Gasteiger partial charge in [0, 0.05) is 0 Å². The third-order valence-corrected chi connectivity index (χ3v) is 3.75. The van der Waals surface area contributed by atoms with Crippen molar-refractivity contribution in [2.45, 2.75) is 46.2 Å². The van der Waals surface area contributed by atoms with Gasteiger partial charge in [-0.25, -0.2) is 4.39 Å². The van der Waals surface area contributed by atoms with Gasteiger partial charge in [0.15, 0.2) is 0 Å². The van der Waals surface area contributed by atoms with Crippen LogP contribution in [0.4, 0.5) is 4.39 Å². The lowest BCUT2D eigenvalue weighted by atomic mass is 9.88. The summed E-state index contributed by atoms with van der Waals surface area (Å²) in [5.74, 6) is 0. The molecule has 1 aliphatic carbocycles. The Morgan fingerprint density at radius 3 is 2.29 bits per heavy atom. The van der Waals surface area contributed by atoms with Gasteiger partial charge in [0.1, 0.15) is 5.67 Å². The van der Waals surface area contributed by atoms with Crippen molar-refractivity contribution in [2.75, 3.05) is 0 Å². The molecule has 2 N–H and O–H groups in total. The third kappa shape index (κ3) is 4.59. The standard InChI is InChI=1S/C19H26FN/c1-7-15-8-10-16(11-9-15)17(12-14(4)13(2)3)18(21)19(5,6)20/h7-8,10,12H,1-2,9,11,21H2,3-6H3/b14-12+,18-17+. The van der Waals surface area contributed by atoms with E-state index in [2.05, 4.69) is 13.2 Å². The molecule has 0 aromatic heterocycles. The predicted molar refractivity (Wildman–Crippen MR) is 90.6 cm³/mol. The van der Waals surface area contributed by atoms with Crippen LogP contribution in [0.3, 0.4) is 0 Å². The topological polar surface area (TPSA) is 26.0 Å². The lowest BCUT2D eigenvalue weighted by Crippen LogP contribution is -2.25. The Hall–Kier alpha value is -1.83. The van der Waals surface area contributed by atoms with Crippen molar-refractivity contribution in [1.82, 2.24) is 0 Å². The van der Waals surface area contributed by atoms with E-state index in [1.807, 2.05) is 38.2 Å². The Kier molecular flexibility index (Phi) is 5.54. The Balaban J connectivity index is 3.39. The summed E-state index contributed by atoms with van der Waals surface area (Å²) in [5, 5.41) is 0. The molecule has 0 unspecified atom stereocenters. The van der Waals surface area contributed by atoms with Crippen LogP contribution in [0, 0.1) is 0 Å². The summed E-state index contributed by atoms with van der Waals surface area (Å²) in [6.07, 6.45) is 9.57. The molecule has 1 rings (SSSR count). The number of alkyl halides is 1. The summed E-state index contributed by atoms with van der Waals surface area (Å²) in [5.41, 5.74) is 9.80. The molecule has 1 aliphatic rings. The Bertz CT molecular complexity index is 563. The largest absolute Gasteiger partial charge is 0.399 e. The maximum absolute atomic E-state index is 14.3. The quantitative estimate of drug-likeness (QED) is 0.682. The minimum Gasteiger partial charge on any atom is -0.399 e. The zero-order chi connectivity index (χ0) is 16.2. The average Bonchev–Trinajstić information content (AvgIpc) is 2.42. The normalized spacial score (nSPS) is 17.7. The highest BCUT2D eigenvalue weighted by molar-refractivity contribution is 5.51. The highest BCUT2D eigenvalue weighted by Gasteiger charge is 2.24. The van der Waals surface area contributed by atoms with Gasteiger partial charge >= 0.3 is 0 Å². The van der Waals surface area contributed by atoms with Crippen LogP contribution in [-0.4, -0.2) is 5.67 Å². The number of hydrogen-bond donors (Lipinski definition) is 1. The number of halogens is 1. The summed E-state index contributed by atoms with van der Waals surface area (Å²) < 4.78 is 14.3. The lowest BCUT2D eigenvalue weighted by molar-refractivity contribution is 0.264. The molecule has 2 heteroatoms. The lowest BCUT2D eigenvalue weighted by Gasteiger charge is -2.22. The summed E-state index contributed by atoms with van der Waals surface area (Å²) >= 11 is 0. The monoisotopic (exact) mass is 287 g/mol. The van der Waals surface area contributed by atoms with Gasteiger partial charge in [0.2, 0.25) is 0 Å². The summed E-state index contributed by atoms with van der Waals surface area (Å²) in [6, 6.07) is 0. The average molecular weight is 287 g/mol. The molecule has 1 nitrogen and oxygen atoms in total. The van der Waals surface area contributed by atoms with E-state index in [1.54, 1.807) is 0 Å². The molecular formula is C19H26FN. The Labute approximate surface area is 128 Å². The fraction of sp³-hybridized carbons (Fsp3) is 0.368. The predicted octanol–water partition coefficient (Wildman–Crippen LogP) is 5.30. The number of nitrogens with two attached hydrogens (primary N) is 1. The van der Waals surface area contributed by atoms with Crippen LogP contribution in [-0.2, 0) is 0 Å². The van der Waals surface area contributed by atoms with Crippen LogP contribution in [0.15, 0.2) is 71.0 Å². The molecule has 0 spiro atoms. The summed E-state index contributed by atoms with van der Waals surface area (Å²) in [7, 11) is 0. The molecule has 114 valence electrons. The van der Waals surface area contributed by atoms with Crippen LogP contribution < -0.4 is 5.73 Å². The molecule has 0 amide bonds. The summed E-state index contributed by atoms with van der Waals surface area (Å²) in [4.78, 5) is 0. The molecular weight excluding hydrogens is 261 g/mol. The molecule has 0 aromatic carbocycles. The van der Waals surface area contributed by atoms with E-state index in [4.69, 9.17) is 5.73 Å². The second-order valence-electron chi connectivity index (χ2n) is 6.05. The van der Waals surface area contributed by atoms with Gasteiger partial charge in [0.25, 0.3) is 0 Å². The van der Waals surface area contributed by atoms with Gasteiger partial charge in [-0.3, -0.25) is 0 Å². The molecule has 0 bridgehead atoms. The highest BCUT2D eigenvalue weighted by atomic mass is 19.1. The van der Waals surface area contributed by atoms with Crippen molar-refractivity contribution in [2.24, 2.45) is 5.73 Å². The van der Waals surface area contributed by atoms with Crippen molar-refractivity contribution in [3.05, 3.63) is 71.0 Å². The van der Waals surface area contributed by atoms with E-state index >= 15 is 0 Å². The maximum Gasteiger partial charge on any atom is 0.145 e. The first-order valence-corrected chi connectivity index (χ1v) is 7.22. The highest BCUT2D eigenvalue weighted by Crippen LogP contribution is 2.31. The van der Waals surface area contributed by atoms with Gasteiger partial charge in [-0.15, -0.1) is 0 Å². The molecule has 0 aromatic rings. The first-order chi connectivity index (χ1) is 9.66.